The summed E-state index contributed by atoms with van der Waals surface area (Å²) in [5, 5.41) is 10.6. The van der Waals surface area contributed by atoms with Gasteiger partial charge in [-0.15, -0.1) is 0 Å². The van der Waals surface area contributed by atoms with E-state index in [-0.39, 0.29) is 6.10 Å². The normalized spacial score (nSPS) is 26.0. The van der Waals surface area contributed by atoms with E-state index in [4.69, 9.17) is 9.47 Å². The van der Waals surface area contributed by atoms with Crippen LogP contribution in [0.1, 0.15) is 30.2 Å². The highest BCUT2D eigenvalue weighted by atomic mass is 16.5. The van der Waals surface area contributed by atoms with Crippen molar-refractivity contribution in [1.82, 2.24) is 9.88 Å². The van der Waals surface area contributed by atoms with E-state index >= 15 is 0 Å². The predicted octanol–water partition coefficient (Wildman–Crippen LogP) is 3.22. The molecule has 1 saturated heterocycles. The van der Waals surface area contributed by atoms with Crippen LogP contribution in [0.15, 0.2) is 42.6 Å². The zero-order valence-corrected chi connectivity index (χ0v) is 16.0. The molecule has 1 saturated carbocycles. The van der Waals surface area contributed by atoms with Crippen molar-refractivity contribution < 1.29 is 14.6 Å². The lowest BCUT2D eigenvalue weighted by molar-refractivity contribution is 0.116. The summed E-state index contributed by atoms with van der Waals surface area (Å²) in [6.45, 7) is 4.76. The molecular weight excluding hydrogens is 340 g/mol. The molecule has 5 heteroatoms. The second kappa shape index (κ2) is 7.87. The minimum absolute atomic E-state index is 0.290. The van der Waals surface area contributed by atoms with Crippen molar-refractivity contribution in [2.75, 3.05) is 26.7 Å². The maximum absolute atomic E-state index is 10.6. The summed E-state index contributed by atoms with van der Waals surface area (Å²) in [4.78, 5) is 6.71. The standard InChI is InChI=1S/C22H28N2O3/c1-15-3-6-20(11-23-15)27-21-9-17-12-24(13-18(17)10-21)14-22(25)16-4-7-19(26-2)8-5-16/h3-8,11,17-18,21-22,25H,9-10,12-14H2,1-2H3/t17-,18+,21?,22?. The molecule has 0 amide bonds. The van der Waals surface area contributed by atoms with Crippen LogP contribution in [0.5, 0.6) is 11.5 Å². The van der Waals surface area contributed by atoms with E-state index in [2.05, 4.69) is 9.88 Å². The van der Waals surface area contributed by atoms with E-state index in [1.54, 1.807) is 7.11 Å². The number of pyridine rings is 1. The third-order valence-electron chi connectivity index (χ3n) is 5.90. The van der Waals surface area contributed by atoms with E-state index < -0.39 is 6.10 Å². The van der Waals surface area contributed by atoms with Gasteiger partial charge in [0.05, 0.1) is 25.5 Å². The maximum atomic E-state index is 10.6. The second-order valence-electron chi connectivity index (χ2n) is 7.87. The smallest absolute Gasteiger partial charge is 0.138 e. The van der Waals surface area contributed by atoms with Gasteiger partial charge < -0.3 is 14.6 Å². The third kappa shape index (κ3) is 4.25. The van der Waals surface area contributed by atoms with Gasteiger partial charge in [0.25, 0.3) is 0 Å². The molecule has 4 rings (SSSR count). The summed E-state index contributed by atoms with van der Waals surface area (Å²) in [5.74, 6) is 3.02. The van der Waals surface area contributed by atoms with Gasteiger partial charge in [-0.3, -0.25) is 9.88 Å². The Bertz CT molecular complexity index is 733. The first-order chi connectivity index (χ1) is 13.1. The van der Waals surface area contributed by atoms with E-state index in [0.29, 0.717) is 18.4 Å². The number of rotatable bonds is 6. The highest BCUT2D eigenvalue weighted by molar-refractivity contribution is 5.28. The Morgan fingerprint density at radius 1 is 1.07 bits per heavy atom. The SMILES string of the molecule is COc1ccc(C(O)CN2C[C@H]3CC(Oc4ccc(C)nc4)C[C@H]3C2)cc1. The first-order valence-electron chi connectivity index (χ1n) is 9.74. The van der Waals surface area contributed by atoms with Gasteiger partial charge in [0.1, 0.15) is 11.5 Å². The molecule has 2 heterocycles. The average Bonchev–Trinajstić information content (AvgIpc) is 3.21. The van der Waals surface area contributed by atoms with Crippen LogP contribution in [0.4, 0.5) is 0 Å². The Morgan fingerprint density at radius 3 is 2.33 bits per heavy atom. The molecule has 2 unspecified atom stereocenters. The molecule has 1 N–H and O–H groups in total. The fourth-order valence-electron chi connectivity index (χ4n) is 4.48. The number of aliphatic hydroxyl groups is 1. The van der Waals surface area contributed by atoms with E-state index in [9.17, 15) is 5.11 Å². The van der Waals surface area contributed by atoms with Crippen LogP contribution < -0.4 is 9.47 Å². The lowest BCUT2D eigenvalue weighted by Crippen LogP contribution is -2.28. The summed E-state index contributed by atoms with van der Waals surface area (Å²) in [5.41, 5.74) is 1.96. The molecule has 2 aliphatic rings. The molecule has 1 aliphatic heterocycles. The summed E-state index contributed by atoms with van der Waals surface area (Å²) in [7, 11) is 1.65. The van der Waals surface area contributed by atoms with Gasteiger partial charge in [-0.1, -0.05) is 12.1 Å². The van der Waals surface area contributed by atoms with Crippen LogP contribution in [0.3, 0.4) is 0 Å². The Balaban J connectivity index is 1.27. The van der Waals surface area contributed by atoms with Crippen LogP contribution in [0, 0.1) is 18.8 Å². The summed E-state index contributed by atoms with van der Waals surface area (Å²) >= 11 is 0. The molecule has 144 valence electrons. The molecule has 1 aromatic carbocycles. The number of hydrogen-bond donors (Lipinski definition) is 1. The largest absolute Gasteiger partial charge is 0.497 e. The summed E-state index contributed by atoms with van der Waals surface area (Å²) in [6, 6.07) is 11.7. The average molecular weight is 368 g/mol. The quantitative estimate of drug-likeness (QED) is 0.848. The number of aliphatic hydroxyl groups excluding tert-OH is 1. The Labute approximate surface area is 160 Å². The fourth-order valence-corrected chi connectivity index (χ4v) is 4.48. The molecule has 27 heavy (non-hydrogen) atoms. The van der Waals surface area contributed by atoms with Crippen molar-refractivity contribution >= 4 is 0 Å². The molecule has 4 atom stereocenters. The molecule has 2 aromatic rings. The van der Waals surface area contributed by atoms with Gasteiger partial charge in [-0.05, 0) is 61.4 Å². The maximum Gasteiger partial charge on any atom is 0.138 e. The third-order valence-corrected chi connectivity index (χ3v) is 5.90. The van der Waals surface area contributed by atoms with Crippen molar-refractivity contribution in [3.63, 3.8) is 0 Å². The van der Waals surface area contributed by atoms with Crippen LogP contribution in [-0.4, -0.2) is 47.8 Å². The second-order valence-corrected chi connectivity index (χ2v) is 7.87. The van der Waals surface area contributed by atoms with Crippen molar-refractivity contribution in [2.45, 2.75) is 32.0 Å². The number of fused-ring (bicyclic) bond motifs is 1. The first-order valence-corrected chi connectivity index (χ1v) is 9.74. The summed E-state index contributed by atoms with van der Waals surface area (Å²) < 4.78 is 11.3. The van der Waals surface area contributed by atoms with Crippen molar-refractivity contribution in [3.05, 3.63) is 53.9 Å². The number of methoxy groups -OCH3 is 1. The minimum Gasteiger partial charge on any atom is -0.497 e. The highest BCUT2D eigenvalue weighted by Gasteiger charge is 2.42. The van der Waals surface area contributed by atoms with Crippen LogP contribution in [0.25, 0.3) is 0 Å². The fraction of sp³-hybridized carbons (Fsp3) is 0.500. The minimum atomic E-state index is -0.458. The van der Waals surface area contributed by atoms with Crippen LogP contribution in [-0.2, 0) is 0 Å². The summed E-state index contributed by atoms with van der Waals surface area (Å²) in [6.07, 6.45) is 3.83. The van der Waals surface area contributed by atoms with Crippen molar-refractivity contribution in [3.8, 4) is 11.5 Å². The number of benzene rings is 1. The van der Waals surface area contributed by atoms with Gasteiger partial charge in [0.2, 0.25) is 0 Å². The number of aryl methyl sites for hydroxylation is 1. The van der Waals surface area contributed by atoms with Gasteiger partial charge in [0.15, 0.2) is 0 Å². The van der Waals surface area contributed by atoms with E-state index in [1.165, 1.54) is 0 Å². The van der Waals surface area contributed by atoms with Crippen molar-refractivity contribution in [2.24, 2.45) is 11.8 Å². The van der Waals surface area contributed by atoms with Gasteiger partial charge in [-0.2, -0.15) is 0 Å². The lowest BCUT2D eigenvalue weighted by Gasteiger charge is -2.22. The number of nitrogens with zero attached hydrogens (tertiary/aromatic N) is 2. The number of likely N-dealkylation sites (tertiary alicyclic amines) is 1. The van der Waals surface area contributed by atoms with Crippen LogP contribution in [0.2, 0.25) is 0 Å². The molecule has 5 nitrogen and oxygen atoms in total. The predicted molar refractivity (Wildman–Crippen MR) is 104 cm³/mol. The first kappa shape index (κ1) is 18.3. The van der Waals surface area contributed by atoms with Crippen molar-refractivity contribution in [1.29, 1.82) is 0 Å². The number of ether oxygens (including phenoxy) is 2. The van der Waals surface area contributed by atoms with Gasteiger partial charge >= 0.3 is 0 Å². The number of β-amino-alcohol motifs (C(OH)–C–C–N with tert-alkyl or cyclic N) is 1. The zero-order chi connectivity index (χ0) is 18.8. The number of aromatic nitrogens is 1. The van der Waals surface area contributed by atoms with Gasteiger partial charge in [-0.25, -0.2) is 0 Å². The zero-order valence-electron chi connectivity index (χ0n) is 16.0. The Kier molecular flexibility index (Phi) is 5.32. The van der Waals surface area contributed by atoms with E-state index in [0.717, 1.165) is 48.7 Å². The molecule has 0 radical (unpaired) electrons. The van der Waals surface area contributed by atoms with E-state index in [1.807, 2.05) is 49.5 Å². The Morgan fingerprint density at radius 2 is 1.74 bits per heavy atom. The monoisotopic (exact) mass is 368 g/mol. The molecule has 0 bridgehead atoms. The molecular formula is C22H28N2O3. The number of hydrogen-bond acceptors (Lipinski definition) is 5. The molecule has 1 aliphatic carbocycles. The highest BCUT2D eigenvalue weighted by Crippen LogP contribution is 2.40. The van der Waals surface area contributed by atoms with Crippen LogP contribution >= 0.6 is 0 Å². The molecule has 1 aromatic heterocycles. The lowest BCUT2D eigenvalue weighted by atomic mass is 10.0. The van der Waals surface area contributed by atoms with Gasteiger partial charge in [0, 0.05) is 25.3 Å². The molecule has 2 fully saturated rings. The topological polar surface area (TPSA) is 54.8 Å². The molecule has 0 spiro atoms. The Hall–Kier alpha value is -2.11.